The first-order valence-electron chi connectivity index (χ1n) is 6.26. The third-order valence-corrected chi connectivity index (χ3v) is 4.53. The highest BCUT2D eigenvalue weighted by molar-refractivity contribution is 7.09. The summed E-state index contributed by atoms with van der Waals surface area (Å²) in [6.07, 6.45) is 8.10. The molecular formula is C13H17N3S. The Hall–Kier alpha value is -1.16. The molecule has 0 aromatic carbocycles. The lowest BCUT2D eigenvalue weighted by Gasteiger charge is -2.13. The van der Waals surface area contributed by atoms with E-state index in [1.54, 1.807) is 11.3 Å². The molecule has 0 fully saturated rings. The number of hydrogen-bond donors (Lipinski definition) is 0. The normalized spacial score (nSPS) is 14.9. The van der Waals surface area contributed by atoms with Gasteiger partial charge in [0.05, 0.1) is 23.2 Å². The van der Waals surface area contributed by atoms with Crippen LogP contribution in [0.2, 0.25) is 0 Å². The highest BCUT2D eigenvalue weighted by Crippen LogP contribution is 2.21. The molecule has 0 spiro atoms. The molecule has 0 atom stereocenters. The lowest BCUT2D eigenvalue weighted by Crippen LogP contribution is -2.09. The molecule has 2 heterocycles. The maximum Gasteiger partial charge on any atom is 0.0951 e. The largest absolute Gasteiger partial charge is 0.334 e. The maximum absolute atomic E-state index is 4.53. The molecule has 0 saturated heterocycles. The van der Waals surface area contributed by atoms with Gasteiger partial charge < -0.3 is 4.57 Å². The zero-order chi connectivity index (χ0) is 11.7. The standard InChI is InChI=1S/C13H17N3S/c1-10-13(17-9-15-10)6-7-16-8-14-11-4-2-3-5-12(11)16/h8-9H,2-7H2,1H3. The van der Waals surface area contributed by atoms with Gasteiger partial charge in [-0.15, -0.1) is 11.3 Å². The van der Waals surface area contributed by atoms with Crippen LogP contribution in [0.1, 0.15) is 34.8 Å². The minimum atomic E-state index is 1.05. The van der Waals surface area contributed by atoms with Crippen LogP contribution in [0.4, 0.5) is 0 Å². The van der Waals surface area contributed by atoms with E-state index in [1.165, 1.54) is 47.6 Å². The van der Waals surface area contributed by atoms with Crippen molar-refractivity contribution in [1.29, 1.82) is 0 Å². The molecule has 17 heavy (non-hydrogen) atoms. The van der Waals surface area contributed by atoms with Gasteiger partial charge in [0.2, 0.25) is 0 Å². The van der Waals surface area contributed by atoms with E-state index in [4.69, 9.17) is 0 Å². The van der Waals surface area contributed by atoms with Gasteiger partial charge in [-0.3, -0.25) is 0 Å². The van der Waals surface area contributed by atoms with Crippen molar-refractivity contribution in [1.82, 2.24) is 14.5 Å². The van der Waals surface area contributed by atoms with Gasteiger partial charge in [-0.2, -0.15) is 0 Å². The highest BCUT2D eigenvalue weighted by atomic mass is 32.1. The quantitative estimate of drug-likeness (QED) is 0.835. The Labute approximate surface area is 106 Å². The second-order valence-electron chi connectivity index (χ2n) is 4.65. The Balaban J connectivity index is 1.73. The number of nitrogens with zero attached hydrogens (tertiary/aromatic N) is 3. The average molecular weight is 247 g/mol. The Morgan fingerprint density at radius 2 is 2.18 bits per heavy atom. The molecule has 0 amide bonds. The molecule has 1 aliphatic rings. The van der Waals surface area contributed by atoms with Crippen LogP contribution in [0.5, 0.6) is 0 Å². The molecule has 3 nitrogen and oxygen atoms in total. The molecule has 2 aromatic rings. The molecule has 0 radical (unpaired) electrons. The van der Waals surface area contributed by atoms with E-state index in [1.807, 2.05) is 11.8 Å². The molecule has 3 rings (SSSR count). The Morgan fingerprint density at radius 1 is 1.29 bits per heavy atom. The lowest BCUT2D eigenvalue weighted by atomic mass is 10.0. The van der Waals surface area contributed by atoms with Gasteiger partial charge in [-0.1, -0.05) is 0 Å². The molecule has 0 N–H and O–H groups in total. The summed E-state index contributed by atoms with van der Waals surface area (Å²) < 4.78 is 2.34. The molecule has 2 aromatic heterocycles. The number of thiazole rings is 1. The summed E-state index contributed by atoms with van der Waals surface area (Å²) in [4.78, 5) is 10.2. The van der Waals surface area contributed by atoms with E-state index in [2.05, 4.69) is 21.5 Å². The predicted octanol–water partition coefficient (Wildman–Crippen LogP) is 2.77. The number of rotatable bonds is 3. The third kappa shape index (κ3) is 2.14. The van der Waals surface area contributed by atoms with Gasteiger partial charge in [-0.05, 0) is 32.6 Å². The van der Waals surface area contributed by atoms with Crippen LogP contribution in [0, 0.1) is 6.92 Å². The van der Waals surface area contributed by atoms with Crippen LogP contribution in [-0.2, 0) is 25.8 Å². The van der Waals surface area contributed by atoms with Crippen LogP contribution in [0.15, 0.2) is 11.8 Å². The summed E-state index contributed by atoms with van der Waals surface area (Å²) in [5, 5.41) is 0. The van der Waals surface area contributed by atoms with Crippen LogP contribution < -0.4 is 0 Å². The number of imidazole rings is 1. The van der Waals surface area contributed by atoms with Crippen molar-refractivity contribution in [2.45, 2.75) is 45.6 Å². The van der Waals surface area contributed by atoms with Gasteiger partial charge in [0, 0.05) is 23.5 Å². The van der Waals surface area contributed by atoms with E-state index in [9.17, 15) is 0 Å². The van der Waals surface area contributed by atoms with Crippen molar-refractivity contribution < 1.29 is 0 Å². The van der Waals surface area contributed by atoms with Gasteiger partial charge >= 0.3 is 0 Å². The highest BCUT2D eigenvalue weighted by Gasteiger charge is 2.15. The van der Waals surface area contributed by atoms with Gasteiger partial charge in [0.25, 0.3) is 0 Å². The van der Waals surface area contributed by atoms with E-state index in [-0.39, 0.29) is 0 Å². The van der Waals surface area contributed by atoms with Crippen LogP contribution in [-0.4, -0.2) is 14.5 Å². The van der Waals surface area contributed by atoms with E-state index in [0.29, 0.717) is 0 Å². The van der Waals surface area contributed by atoms with Gasteiger partial charge in [0.15, 0.2) is 0 Å². The Bertz CT molecular complexity index is 512. The predicted molar refractivity (Wildman–Crippen MR) is 69.4 cm³/mol. The smallest absolute Gasteiger partial charge is 0.0951 e. The fraction of sp³-hybridized carbons (Fsp3) is 0.538. The van der Waals surface area contributed by atoms with Crippen molar-refractivity contribution in [2.24, 2.45) is 0 Å². The molecule has 90 valence electrons. The summed E-state index contributed by atoms with van der Waals surface area (Å²) in [5.41, 5.74) is 5.92. The van der Waals surface area contributed by atoms with Crippen molar-refractivity contribution >= 4 is 11.3 Å². The molecule has 0 saturated carbocycles. The summed E-state index contributed by atoms with van der Waals surface area (Å²) in [6, 6.07) is 0. The van der Waals surface area contributed by atoms with Crippen LogP contribution >= 0.6 is 11.3 Å². The maximum atomic E-state index is 4.53. The molecule has 0 bridgehead atoms. The lowest BCUT2D eigenvalue weighted by molar-refractivity contribution is 0.603. The minimum absolute atomic E-state index is 1.05. The van der Waals surface area contributed by atoms with E-state index in [0.717, 1.165) is 13.0 Å². The molecule has 0 unspecified atom stereocenters. The second-order valence-corrected chi connectivity index (χ2v) is 5.59. The van der Waals surface area contributed by atoms with Crippen molar-refractivity contribution in [3.8, 4) is 0 Å². The number of aryl methyl sites for hydroxylation is 4. The summed E-state index contributed by atoms with van der Waals surface area (Å²) in [6.45, 7) is 3.14. The zero-order valence-electron chi connectivity index (χ0n) is 10.1. The van der Waals surface area contributed by atoms with Crippen molar-refractivity contribution in [3.05, 3.63) is 33.8 Å². The first-order chi connectivity index (χ1) is 8.34. The molecular weight excluding hydrogens is 230 g/mol. The van der Waals surface area contributed by atoms with Crippen LogP contribution in [0.25, 0.3) is 0 Å². The summed E-state index contributed by atoms with van der Waals surface area (Å²) in [5.74, 6) is 0. The zero-order valence-corrected chi connectivity index (χ0v) is 11.0. The number of fused-ring (bicyclic) bond motifs is 1. The summed E-state index contributed by atoms with van der Waals surface area (Å²) >= 11 is 1.76. The molecule has 4 heteroatoms. The van der Waals surface area contributed by atoms with E-state index >= 15 is 0 Å². The first kappa shape index (κ1) is 11.0. The third-order valence-electron chi connectivity index (χ3n) is 3.53. The monoisotopic (exact) mass is 247 g/mol. The van der Waals surface area contributed by atoms with Gasteiger partial charge in [0.1, 0.15) is 0 Å². The van der Waals surface area contributed by atoms with Gasteiger partial charge in [-0.25, -0.2) is 9.97 Å². The fourth-order valence-corrected chi connectivity index (χ4v) is 3.28. The molecule has 0 aliphatic heterocycles. The number of hydrogen-bond acceptors (Lipinski definition) is 3. The second kappa shape index (κ2) is 4.61. The topological polar surface area (TPSA) is 30.7 Å². The fourth-order valence-electron chi connectivity index (χ4n) is 2.51. The molecule has 1 aliphatic carbocycles. The SMILES string of the molecule is Cc1ncsc1CCn1cnc2c1CCCC2. The Kier molecular flexibility index (Phi) is 2.97. The van der Waals surface area contributed by atoms with Crippen LogP contribution in [0.3, 0.4) is 0 Å². The minimum Gasteiger partial charge on any atom is -0.334 e. The van der Waals surface area contributed by atoms with Crippen molar-refractivity contribution in [2.75, 3.05) is 0 Å². The first-order valence-corrected chi connectivity index (χ1v) is 7.14. The Morgan fingerprint density at radius 3 is 3.00 bits per heavy atom. The summed E-state index contributed by atoms with van der Waals surface area (Å²) in [7, 11) is 0. The van der Waals surface area contributed by atoms with E-state index < -0.39 is 0 Å². The number of aromatic nitrogens is 3. The van der Waals surface area contributed by atoms with Crippen molar-refractivity contribution in [3.63, 3.8) is 0 Å². The average Bonchev–Trinajstić information content (AvgIpc) is 2.93.